The van der Waals surface area contributed by atoms with Crippen LogP contribution in [-0.4, -0.2) is 33.7 Å². The lowest BCUT2D eigenvalue weighted by Crippen LogP contribution is -2.40. The average Bonchev–Trinajstić information content (AvgIpc) is 2.53. The Labute approximate surface area is 157 Å². The Hall–Kier alpha value is -1.76. The second kappa shape index (κ2) is 8.56. The van der Waals surface area contributed by atoms with Gasteiger partial charge in [0.1, 0.15) is 6.54 Å². The molecule has 0 spiro atoms. The molecule has 1 N–H and O–H groups in total. The van der Waals surface area contributed by atoms with E-state index in [0.717, 1.165) is 16.1 Å². The van der Waals surface area contributed by atoms with E-state index >= 15 is 0 Å². The van der Waals surface area contributed by atoms with Crippen molar-refractivity contribution in [2.24, 2.45) is 0 Å². The van der Waals surface area contributed by atoms with Gasteiger partial charge in [0.25, 0.3) is 0 Å². The second-order valence-electron chi connectivity index (χ2n) is 5.48. The average molecular weight is 401 g/mol. The Balaban J connectivity index is 1.97. The van der Waals surface area contributed by atoms with E-state index in [1.807, 2.05) is 12.1 Å². The van der Waals surface area contributed by atoms with E-state index in [2.05, 4.69) is 5.32 Å². The summed E-state index contributed by atoms with van der Waals surface area (Å²) >= 11 is 11.7. The first kappa shape index (κ1) is 19.6. The standard InChI is InChI=1S/C17H18Cl2N2O3S/c1-25(23,24)21(16-4-2-3-15(19)11-16)12-17(22)20-10-9-13-5-7-14(18)8-6-13/h2-8,11H,9-10,12H2,1H3,(H,20,22). The fourth-order valence-corrected chi connectivity index (χ4v) is 3.37. The molecule has 2 aromatic carbocycles. The SMILES string of the molecule is CS(=O)(=O)N(CC(=O)NCCc1ccc(Cl)cc1)c1cccc(Cl)c1. The van der Waals surface area contributed by atoms with Gasteiger partial charge >= 0.3 is 0 Å². The number of carbonyl (C=O) groups excluding carboxylic acids is 1. The van der Waals surface area contributed by atoms with E-state index in [1.165, 1.54) is 6.07 Å². The zero-order valence-electron chi connectivity index (χ0n) is 13.6. The molecule has 1 amide bonds. The molecule has 134 valence electrons. The number of hydrogen-bond acceptors (Lipinski definition) is 3. The number of amides is 1. The Morgan fingerprint density at radius 2 is 1.76 bits per heavy atom. The summed E-state index contributed by atoms with van der Waals surface area (Å²) in [5.74, 6) is -0.389. The van der Waals surface area contributed by atoms with Gasteiger partial charge < -0.3 is 5.32 Å². The van der Waals surface area contributed by atoms with Crippen molar-refractivity contribution in [1.82, 2.24) is 5.32 Å². The second-order valence-corrected chi connectivity index (χ2v) is 8.26. The highest BCUT2D eigenvalue weighted by molar-refractivity contribution is 7.92. The lowest BCUT2D eigenvalue weighted by atomic mass is 10.1. The van der Waals surface area contributed by atoms with E-state index in [1.54, 1.807) is 30.3 Å². The number of carbonyl (C=O) groups is 1. The molecule has 25 heavy (non-hydrogen) atoms. The minimum Gasteiger partial charge on any atom is -0.354 e. The van der Waals surface area contributed by atoms with Gasteiger partial charge in [0.2, 0.25) is 15.9 Å². The first-order chi connectivity index (χ1) is 11.8. The highest BCUT2D eigenvalue weighted by Crippen LogP contribution is 2.21. The van der Waals surface area contributed by atoms with Crippen LogP contribution in [-0.2, 0) is 21.2 Å². The van der Waals surface area contributed by atoms with Gasteiger partial charge in [-0.2, -0.15) is 0 Å². The van der Waals surface area contributed by atoms with E-state index in [4.69, 9.17) is 23.2 Å². The van der Waals surface area contributed by atoms with Crippen molar-refractivity contribution in [3.8, 4) is 0 Å². The summed E-state index contributed by atoms with van der Waals surface area (Å²) in [7, 11) is -3.61. The molecule has 0 aliphatic rings. The molecule has 0 aromatic heterocycles. The molecule has 5 nitrogen and oxygen atoms in total. The van der Waals surface area contributed by atoms with Crippen LogP contribution in [0.2, 0.25) is 10.0 Å². The molecule has 8 heteroatoms. The maximum atomic E-state index is 12.1. The van der Waals surface area contributed by atoms with Crippen LogP contribution < -0.4 is 9.62 Å². The van der Waals surface area contributed by atoms with Crippen LogP contribution in [0.5, 0.6) is 0 Å². The zero-order chi connectivity index (χ0) is 18.4. The van der Waals surface area contributed by atoms with Crippen LogP contribution >= 0.6 is 23.2 Å². The fourth-order valence-electron chi connectivity index (χ4n) is 2.21. The maximum Gasteiger partial charge on any atom is 0.240 e. The first-order valence-electron chi connectivity index (χ1n) is 7.50. The van der Waals surface area contributed by atoms with Gasteiger partial charge in [-0.15, -0.1) is 0 Å². The lowest BCUT2D eigenvalue weighted by Gasteiger charge is -2.22. The molecule has 0 bridgehead atoms. The van der Waals surface area contributed by atoms with Gasteiger partial charge in [0.15, 0.2) is 0 Å². The number of halogens is 2. The zero-order valence-corrected chi connectivity index (χ0v) is 15.9. The monoisotopic (exact) mass is 400 g/mol. The molecule has 0 fully saturated rings. The van der Waals surface area contributed by atoms with Gasteiger partial charge in [-0.25, -0.2) is 8.42 Å². The summed E-state index contributed by atoms with van der Waals surface area (Å²) in [4.78, 5) is 12.1. The quantitative estimate of drug-likeness (QED) is 0.775. The van der Waals surface area contributed by atoms with Crippen molar-refractivity contribution in [2.75, 3.05) is 23.7 Å². The van der Waals surface area contributed by atoms with Crippen molar-refractivity contribution in [3.63, 3.8) is 0 Å². The van der Waals surface area contributed by atoms with Gasteiger partial charge in [0.05, 0.1) is 11.9 Å². The molecule has 0 unspecified atom stereocenters. The van der Waals surface area contributed by atoms with E-state index in [0.29, 0.717) is 28.7 Å². The van der Waals surface area contributed by atoms with Crippen LogP contribution in [0.25, 0.3) is 0 Å². The predicted octanol–water partition coefficient (Wildman–Crippen LogP) is 3.12. The van der Waals surface area contributed by atoms with Gasteiger partial charge in [-0.1, -0.05) is 41.4 Å². The smallest absolute Gasteiger partial charge is 0.240 e. The lowest BCUT2D eigenvalue weighted by molar-refractivity contribution is -0.119. The minimum atomic E-state index is -3.61. The van der Waals surface area contributed by atoms with Crippen LogP contribution in [0.3, 0.4) is 0 Å². The molecule has 0 aliphatic carbocycles. The Kier molecular flexibility index (Phi) is 6.70. The molecule has 0 radical (unpaired) electrons. The van der Waals surface area contributed by atoms with Crippen molar-refractivity contribution in [1.29, 1.82) is 0 Å². The Morgan fingerprint density at radius 3 is 2.36 bits per heavy atom. The molecule has 0 heterocycles. The van der Waals surface area contributed by atoms with Crippen LogP contribution in [0, 0.1) is 0 Å². The topological polar surface area (TPSA) is 66.5 Å². The minimum absolute atomic E-state index is 0.306. The number of benzene rings is 2. The fraction of sp³-hybridized carbons (Fsp3) is 0.235. The highest BCUT2D eigenvalue weighted by atomic mass is 35.5. The highest BCUT2D eigenvalue weighted by Gasteiger charge is 2.20. The number of hydrogen-bond donors (Lipinski definition) is 1. The Bertz CT molecular complexity index is 839. The molecular formula is C17H18Cl2N2O3S. The molecule has 0 saturated heterocycles. The maximum absolute atomic E-state index is 12.1. The molecule has 2 rings (SSSR count). The van der Waals surface area contributed by atoms with Gasteiger partial charge in [-0.3, -0.25) is 9.10 Å². The van der Waals surface area contributed by atoms with Crippen LogP contribution in [0.15, 0.2) is 48.5 Å². The van der Waals surface area contributed by atoms with Crippen LogP contribution in [0.1, 0.15) is 5.56 Å². The molecule has 0 atom stereocenters. The summed E-state index contributed by atoms with van der Waals surface area (Å²) in [5.41, 5.74) is 1.38. The summed E-state index contributed by atoms with van der Waals surface area (Å²) < 4.78 is 25.0. The number of sulfonamides is 1. The first-order valence-corrected chi connectivity index (χ1v) is 10.1. The summed E-state index contributed by atoms with van der Waals surface area (Å²) in [6.07, 6.45) is 1.67. The molecule has 0 aliphatic heterocycles. The van der Waals surface area contributed by atoms with E-state index < -0.39 is 10.0 Å². The van der Waals surface area contributed by atoms with Crippen molar-refractivity contribution >= 4 is 44.8 Å². The van der Waals surface area contributed by atoms with Crippen molar-refractivity contribution in [2.45, 2.75) is 6.42 Å². The number of rotatable bonds is 7. The number of nitrogens with one attached hydrogen (secondary N) is 1. The third-order valence-corrected chi connectivity index (χ3v) is 5.06. The molecule has 2 aromatic rings. The largest absolute Gasteiger partial charge is 0.354 e. The predicted molar refractivity (Wildman–Crippen MR) is 102 cm³/mol. The molecular weight excluding hydrogens is 383 g/mol. The normalized spacial score (nSPS) is 11.2. The summed E-state index contributed by atoms with van der Waals surface area (Å²) in [5, 5.41) is 3.77. The summed E-state index contributed by atoms with van der Waals surface area (Å²) in [6.45, 7) is 0.0907. The van der Waals surface area contributed by atoms with E-state index in [-0.39, 0.29) is 12.5 Å². The third-order valence-electron chi connectivity index (χ3n) is 3.43. The van der Waals surface area contributed by atoms with Crippen molar-refractivity contribution in [3.05, 3.63) is 64.1 Å². The number of nitrogens with zero attached hydrogens (tertiary/aromatic N) is 1. The molecule has 0 saturated carbocycles. The van der Waals surface area contributed by atoms with E-state index in [9.17, 15) is 13.2 Å². The number of anilines is 1. The van der Waals surface area contributed by atoms with Gasteiger partial charge in [0, 0.05) is 16.6 Å². The van der Waals surface area contributed by atoms with Crippen LogP contribution in [0.4, 0.5) is 5.69 Å². The van der Waals surface area contributed by atoms with Crippen molar-refractivity contribution < 1.29 is 13.2 Å². The third kappa shape index (κ3) is 6.23. The summed E-state index contributed by atoms with van der Waals surface area (Å²) in [6, 6.07) is 13.7. The Morgan fingerprint density at radius 1 is 1.08 bits per heavy atom. The van der Waals surface area contributed by atoms with Gasteiger partial charge in [-0.05, 0) is 42.3 Å².